The van der Waals surface area contributed by atoms with Crippen molar-refractivity contribution in [2.45, 2.75) is 13.8 Å². The zero-order valence-corrected chi connectivity index (χ0v) is 11.1. The third-order valence-electron chi connectivity index (χ3n) is 1.36. The van der Waals surface area contributed by atoms with Gasteiger partial charge in [-0.05, 0) is 39.7 Å². The quantitative estimate of drug-likeness (QED) is 0.605. The average molecular weight is 241 g/mol. The van der Waals surface area contributed by atoms with Crippen LogP contribution in [0.3, 0.4) is 0 Å². The minimum absolute atomic E-state index is 0.527. The molecule has 4 nitrogen and oxygen atoms in total. The highest BCUT2D eigenvalue weighted by Gasteiger charge is 2.18. The molecule has 0 aromatic rings. The fourth-order valence-corrected chi connectivity index (χ4v) is 2.78. The first kappa shape index (κ1) is 14.5. The zero-order valence-electron chi connectivity index (χ0n) is 9.36. The van der Waals surface area contributed by atoms with E-state index in [2.05, 4.69) is 0 Å². The Morgan fingerprint density at radius 3 is 1.93 bits per heavy atom. The van der Waals surface area contributed by atoms with Crippen molar-refractivity contribution in [3.8, 4) is 0 Å². The van der Waals surface area contributed by atoms with Crippen molar-refractivity contribution in [1.82, 2.24) is 4.90 Å². The first-order valence-corrected chi connectivity index (χ1v) is 7.28. The summed E-state index contributed by atoms with van der Waals surface area (Å²) in [5.41, 5.74) is 0. The largest absolute Gasteiger partial charge is 0.327 e. The first-order valence-electron chi connectivity index (χ1n) is 4.72. The van der Waals surface area contributed by atoms with Crippen LogP contribution in [0.15, 0.2) is 0 Å². The van der Waals surface area contributed by atoms with E-state index in [0.29, 0.717) is 19.8 Å². The van der Waals surface area contributed by atoms with E-state index < -0.39 is 6.72 Å². The monoisotopic (exact) mass is 241 g/mol. The lowest BCUT2D eigenvalue weighted by molar-refractivity contribution is 0.157. The molecule has 0 bridgehead atoms. The normalized spacial score (nSPS) is 12.4. The molecule has 0 aliphatic rings. The summed E-state index contributed by atoms with van der Waals surface area (Å²) in [6, 6.07) is 0. The second-order valence-electron chi connectivity index (χ2n) is 2.92. The Labute approximate surface area is 91.8 Å². The molecule has 0 aliphatic carbocycles. The molecular weight excluding hydrogens is 221 g/mol. The van der Waals surface area contributed by atoms with Crippen molar-refractivity contribution in [1.29, 1.82) is 0 Å². The maximum Gasteiger partial charge on any atom is 0.327 e. The SMILES string of the molecule is CCOP(=S)(OCC)OCCN(C)C. The summed E-state index contributed by atoms with van der Waals surface area (Å²) in [6.45, 7) is 3.72. The van der Waals surface area contributed by atoms with E-state index in [1.165, 1.54) is 0 Å². The van der Waals surface area contributed by atoms with Crippen molar-refractivity contribution in [3.63, 3.8) is 0 Å². The van der Waals surface area contributed by atoms with Gasteiger partial charge in [-0.1, -0.05) is 0 Å². The summed E-state index contributed by atoms with van der Waals surface area (Å²) >= 11 is 5.18. The molecule has 0 saturated heterocycles. The Balaban J connectivity index is 3.90. The average Bonchev–Trinajstić information content (AvgIpc) is 2.03. The minimum atomic E-state index is -2.47. The lowest BCUT2D eigenvalue weighted by Crippen LogP contribution is -2.18. The van der Waals surface area contributed by atoms with Crippen molar-refractivity contribution < 1.29 is 13.6 Å². The van der Waals surface area contributed by atoms with Crippen LogP contribution in [0, 0.1) is 0 Å². The van der Waals surface area contributed by atoms with E-state index in [0.717, 1.165) is 6.54 Å². The molecule has 0 saturated carbocycles. The van der Waals surface area contributed by atoms with Crippen LogP contribution < -0.4 is 0 Å². The molecule has 0 aromatic carbocycles. The number of nitrogens with zero attached hydrogens (tertiary/aromatic N) is 1. The number of hydrogen-bond acceptors (Lipinski definition) is 5. The van der Waals surface area contributed by atoms with Gasteiger partial charge in [-0.3, -0.25) is 0 Å². The second-order valence-corrected chi connectivity index (χ2v) is 5.93. The molecule has 14 heavy (non-hydrogen) atoms. The van der Waals surface area contributed by atoms with Gasteiger partial charge in [0.15, 0.2) is 0 Å². The van der Waals surface area contributed by atoms with Crippen molar-refractivity contribution in [2.75, 3.05) is 40.5 Å². The molecule has 0 heterocycles. The Hall–Kier alpha value is 0.490. The van der Waals surface area contributed by atoms with Crippen molar-refractivity contribution >= 4 is 18.5 Å². The Morgan fingerprint density at radius 1 is 1.07 bits per heavy atom. The molecule has 0 fully saturated rings. The number of hydrogen-bond donors (Lipinski definition) is 0. The standard InChI is InChI=1S/C8H20NO3PS/c1-5-10-13(14,11-6-2)12-8-7-9(3)4/h5-8H2,1-4H3. The van der Waals surface area contributed by atoms with Gasteiger partial charge in [0.25, 0.3) is 0 Å². The van der Waals surface area contributed by atoms with Crippen LogP contribution in [-0.2, 0) is 25.4 Å². The van der Waals surface area contributed by atoms with Gasteiger partial charge in [0, 0.05) is 6.54 Å². The maximum atomic E-state index is 5.46. The molecule has 0 amide bonds. The van der Waals surface area contributed by atoms with Crippen LogP contribution in [0.5, 0.6) is 0 Å². The molecule has 0 aliphatic heterocycles. The third-order valence-corrected chi connectivity index (χ3v) is 3.96. The first-order chi connectivity index (χ1) is 6.54. The van der Waals surface area contributed by atoms with Crippen LogP contribution >= 0.6 is 6.72 Å². The van der Waals surface area contributed by atoms with Gasteiger partial charge in [-0.2, -0.15) is 0 Å². The van der Waals surface area contributed by atoms with E-state index in [-0.39, 0.29) is 0 Å². The van der Waals surface area contributed by atoms with Gasteiger partial charge in [-0.25, -0.2) is 0 Å². The highest BCUT2D eigenvalue weighted by Crippen LogP contribution is 2.49. The van der Waals surface area contributed by atoms with Crippen LogP contribution in [0.1, 0.15) is 13.8 Å². The van der Waals surface area contributed by atoms with Crippen molar-refractivity contribution in [2.24, 2.45) is 0 Å². The second kappa shape index (κ2) is 7.74. The zero-order chi connectivity index (χ0) is 11.0. The Bertz CT molecular complexity index is 179. The van der Waals surface area contributed by atoms with Gasteiger partial charge in [0.1, 0.15) is 0 Å². The summed E-state index contributed by atoms with van der Waals surface area (Å²) in [5, 5.41) is 0. The summed E-state index contributed by atoms with van der Waals surface area (Å²) in [5.74, 6) is 0. The van der Waals surface area contributed by atoms with Crippen LogP contribution in [0.2, 0.25) is 0 Å². The predicted molar refractivity (Wildman–Crippen MR) is 62.0 cm³/mol. The van der Waals surface area contributed by atoms with Gasteiger partial charge < -0.3 is 18.5 Å². The predicted octanol–water partition coefficient (Wildman–Crippen LogP) is 1.86. The van der Waals surface area contributed by atoms with Gasteiger partial charge >= 0.3 is 6.72 Å². The van der Waals surface area contributed by atoms with Gasteiger partial charge in [-0.15, -0.1) is 0 Å². The molecule has 0 rings (SSSR count). The smallest absolute Gasteiger partial charge is 0.309 e. The molecule has 6 heteroatoms. The maximum absolute atomic E-state index is 5.46. The van der Waals surface area contributed by atoms with Gasteiger partial charge in [0.05, 0.1) is 19.8 Å². The molecular formula is C8H20NO3PS. The van der Waals surface area contributed by atoms with E-state index in [9.17, 15) is 0 Å². The highest BCUT2D eigenvalue weighted by molar-refractivity contribution is 8.07. The van der Waals surface area contributed by atoms with Gasteiger partial charge in [0.2, 0.25) is 0 Å². The summed E-state index contributed by atoms with van der Waals surface area (Å²) in [4.78, 5) is 2.03. The van der Waals surface area contributed by atoms with Crippen LogP contribution in [-0.4, -0.2) is 45.4 Å². The molecule has 0 spiro atoms. The highest BCUT2D eigenvalue weighted by atomic mass is 32.5. The van der Waals surface area contributed by atoms with E-state index >= 15 is 0 Å². The fraction of sp³-hybridized carbons (Fsp3) is 1.00. The number of likely N-dealkylation sites (N-methyl/N-ethyl adjacent to an activating group) is 1. The minimum Gasteiger partial charge on any atom is -0.309 e. The number of rotatable bonds is 8. The Morgan fingerprint density at radius 2 is 1.57 bits per heavy atom. The molecule has 86 valence electrons. The van der Waals surface area contributed by atoms with Crippen molar-refractivity contribution in [3.05, 3.63) is 0 Å². The van der Waals surface area contributed by atoms with E-state index in [1.54, 1.807) is 0 Å². The molecule has 0 atom stereocenters. The Kier molecular flexibility index (Phi) is 8.01. The van der Waals surface area contributed by atoms with Crippen LogP contribution in [0.25, 0.3) is 0 Å². The van der Waals surface area contributed by atoms with E-state index in [4.69, 9.17) is 25.4 Å². The molecule has 0 radical (unpaired) electrons. The van der Waals surface area contributed by atoms with E-state index in [1.807, 2.05) is 32.8 Å². The fourth-order valence-electron chi connectivity index (χ4n) is 0.763. The third kappa shape index (κ3) is 6.87. The molecule has 0 unspecified atom stereocenters. The summed E-state index contributed by atoms with van der Waals surface area (Å²) in [6.07, 6.45) is 0. The lowest BCUT2D eigenvalue weighted by Gasteiger charge is -2.21. The molecule has 0 N–H and O–H groups in total. The molecule has 0 aromatic heterocycles. The lowest BCUT2D eigenvalue weighted by atomic mass is 10.6. The summed E-state index contributed by atoms with van der Waals surface area (Å²) < 4.78 is 16.1. The topological polar surface area (TPSA) is 30.9 Å². The summed E-state index contributed by atoms with van der Waals surface area (Å²) in [7, 11) is 3.96. The van der Waals surface area contributed by atoms with Crippen LogP contribution in [0.4, 0.5) is 0 Å².